The minimum Gasteiger partial charge on any atom is -0.398 e. The van der Waals surface area contributed by atoms with E-state index in [2.05, 4.69) is 0 Å². The third-order valence-electron chi connectivity index (χ3n) is 3.58. The Labute approximate surface area is 119 Å². The molecule has 1 atom stereocenters. The number of hydrogen-bond acceptors (Lipinski definition) is 3. The molecular weight excluding hydrogens is 284 g/mol. The van der Waals surface area contributed by atoms with Gasteiger partial charge in [-0.2, -0.15) is 4.31 Å². The van der Waals surface area contributed by atoms with E-state index < -0.39 is 10.0 Å². The third-order valence-corrected chi connectivity index (χ3v) is 5.81. The summed E-state index contributed by atoms with van der Waals surface area (Å²) in [6.45, 7) is 4.65. The molecule has 1 aromatic carbocycles. The van der Waals surface area contributed by atoms with Crippen LogP contribution in [-0.2, 0) is 10.0 Å². The molecule has 0 radical (unpaired) electrons. The SMILES string of the molecule is CC(C)C1CCCN1S(=O)(=O)c1ccc(Cl)cc1N. The molecule has 0 bridgehead atoms. The second-order valence-corrected chi connectivity index (χ2v) is 7.55. The smallest absolute Gasteiger partial charge is 0.245 e. The average molecular weight is 303 g/mol. The van der Waals surface area contributed by atoms with Crippen LogP contribution in [0.4, 0.5) is 5.69 Å². The zero-order valence-corrected chi connectivity index (χ0v) is 12.7. The van der Waals surface area contributed by atoms with Crippen molar-refractivity contribution in [3.63, 3.8) is 0 Å². The zero-order chi connectivity index (χ0) is 14.2. The fourth-order valence-corrected chi connectivity index (χ4v) is 4.72. The summed E-state index contributed by atoms with van der Waals surface area (Å²) in [4.78, 5) is 0.157. The maximum absolute atomic E-state index is 12.7. The normalized spacial score (nSPS) is 21.2. The third kappa shape index (κ3) is 2.73. The minimum absolute atomic E-state index is 0.0556. The van der Waals surface area contributed by atoms with Crippen molar-refractivity contribution in [1.29, 1.82) is 0 Å². The molecule has 2 rings (SSSR count). The first-order chi connectivity index (χ1) is 8.84. The predicted molar refractivity (Wildman–Crippen MR) is 77.6 cm³/mol. The van der Waals surface area contributed by atoms with Gasteiger partial charge >= 0.3 is 0 Å². The van der Waals surface area contributed by atoms with E-state index >= 15 is 0 Å². The van der Waals surface area contributed by atoms with Gasteiger partial charge in [0, 0.05) is 17.6 Å². The molecule has 1 heterocycles. The first-order valence-electron chi connectivity index (χ1n) is 6.41. The lowest BCUT2D eigenvalue weighted by atomic mass is 10.0. The maximum atomic E-state index is 12.7. The van der Waals surface area contributed by atoms with Gasteiger partial charge in [-0.3, -0.25) is 0 Å². The van der Waals surface area contributed by atoms with E-state index in [1.807, 2.05) is 13.8 Å². The van der Waals surface area contributed by atoms with Crippen LogP contribution in [0.2, 0.25) is 5.02 Å². The molecule has 0 amide bonds. The first-order valence-corrected chi connectivity index (χ1v) is 8.22. The highest BCUT2D eigenvalue weighted by molar-refractivity contribution is 7.89. The Kier molecular flexibility index (Phi) is 4.08. The second kappa shape index (κ2) is 5.31. The highest BCUT2D eigenvalue weighted by Gasteiger charge is 2.37. The quantitative estimate of drug-likeness (QED) is 0.873. The van der Waals surface area contributed by atoms with Gasteiger partial charge in [-0.15, -0.1) is 0 Å². The molecule has 1 fully saturated rings. The summed E-state index contributed by atoms with van der Waals surface area (Å²) in [5, 5.41) is 0.443. The number of rotatable bonds is 3. The van der Waals surface area contributed by atoms with Gasteiger partial charge in [0.25, 0.3) is 0 Å². The number of halogens is 1. The fraction of sp³-hybridized carbons (Fsp3) is 0.538. The Bertz CT molecular complexity index is 572. The summed E-state index contributed by atoms with van der Waals surface area (Å²) in [5.41, 5.74) is 6.02. The second-order valence-electron chi connectivity index (χ2n) is 5.25. The summed E-state index contributed by atoms with van der Waals surface area (Å²) < 4.78 is 26.9. The number of anilines is 1. The van der Waals surface area contributed by atoms with Crippen LogP contribution in [0.1, 0.15) is 26.7 Å². The van der Waals surface area contributed by atoms with Crippen molar-refractivity contribution in [2.24, 2.45) is 5.92 Å². The Balaban J connectivity index is 2.42. The number of hydrogen-bond donors (Lipinski definition) is 1. The first kappa shape index (κ1) is 14.6. The molecule has 1 aliphatic rings. The molecule has 2 N–H and O–H groups in total. The predicted octanol–water partition coefficient (Wildman–Crippen LogP) is 2.73. The van der Waals surface area contributed by atoms with Crippen LogP contribution < -0.4 is 5.73 Å². The van der Waals surface area contributed by atoms with E-state index in [1.54, 1.807) is 10.4 Å². The van der Waals surface area contributed by atoms with Crippen molar-refractivity contribution >= 4 is 27.3 Å². The topological polar surface area (TPSA) is 63.4 Å². The molecule has 4 nitrogen and oxygen atoms in total. The van der Waals surface area contributed by atoms with Gasteiger partial charge < -0.3 is 5.73 Å². The van der Waals surface area contributed by atoms with E-state index in [1.165, 1.54) is 12.1 Å². The van der Waals surface area contributed by atoms with Crippen LogP contribution in [0, 0.1) is 5.92 Å². The molecule has 1 aliphatic heterocycles. The Hall–Kier alpha value is -0.780. The van der Waals surface area contributed by atoms with Gasteiger partial charge in [0.1, 0.15) is 4.90 Å². The Morgan fingerprint density at radius 2 is 2.11 bits per heavy atom. The summed E-state index contributed by atoms with van der Waals surface area (Å²) in [7, 11) is -3.53. The maximum Gasteiger partial charge on any atom is 0.245 e. The molecule has 0 saturated carbocycles. The van der Waals surface area contributed by atoms with Gasteiger partial charge in [0.05, 0.1) is 5.69 Å². The molecule has 1 aromatic rings. The molecule has 0 aromatic heterocycles. The number of nitrogen functional groups attached to an aromatic ring is 1. The molecule has 1 unspecified atom stereocenters. The van der Waals surface area contributed by atoms with E-state index in [-0.39, 0.29) is 16.6 Å². The highest BCUT2D eigenvalue weighted by Crippen LogP contribution is 2.32. The van der Waals surface area contributed by atoms with Crippen molar-refractivity contribution in [3.05, 3.63) is 23.2 Å². The van der Waals surface area contributed by atoms with E-state index in [0.29, 0.717) is 17.5 Å². The van der Waals surface area contributed by atoms with Crippen LogP contribution in [0.3, 0.4) is 0 Å². The fourth-order valence-electron chi connectivity index (χ4n) is 2.61. The standard InChI is InChI=1S/C13H19ClN2O2S/c1-9(2)12-4-3-7-16(12)19(17,18)13-6-5-10(14)8-11(13)15/h5-6,8-9,12H,3-4,7,15H2,1-2H3. The van der Waals surface area contributed by atoms with Gasteiger partial charge in [-0.1, -0.05) is 25.4 Å². The molecular formula is C13H19ClN2O2S. The average Bonchev–Trinajstić information content (AvgIpc) is 2.77. The summed E-state index contributed by atoms with van der Waals surface area (Å²) in [6, 6.07) is 4.59. The van der Waals surface area contributed by atoms with Crippen molar-refractivity contribution in [2.75, 3.05) is 12.3 Å². The number of benzene rings is 1. The van der Waals surface area contributed by atoms with Crippen molar-refractivity contribution in [2.45, 2.75) is 37.6 Å². The molecule has 6 heteroatoms. The van der Waals surface area contributed by atoms with Crippen molar-refractivity contribution in [1.82, 2.24) is 4.31 Å². The van der Waals surface area contributed by atoms with Crippen molar-refractivity contribution in [3.8, 4) is 0 Å². The lowest BCUT2D eigenvalue weighted by Crippen LogP contribution is -2.38. The van der Waals surface area contributed by atoms with E-state index in [9.17, 15) is 8.42 Å². The lowest BCUT2D eigenvalue weighted by Gasteiger charge is -2.27. The van der Waals surface area contributed by atoms with Crippen LogP contribution in [-0.4, -0.2) is 25.3 Å². The van der Waals surface area contributed by atoms with Gasteiger partial charge in [0.2, 0.25) is 10.0 Å². The summed E-state index contributed by atoms with van der Waals surface area (Å²) in [5.74, 6) is 0.297. The number of nitrogens with zero attached hydrogens (tertiary/aromatic N) is 1. The van der Waals surface area contributed by atoms with E-state index in [0.717, 1.165) is 12.8 Å². The molecule has 19 heavy (non-hydrogen) atoms. The summed E-state index contributed by atoms with van der Waals surface area (Å²) >= 11 is 5.82. The Morgan fingerprint density at radius 3 is 2.68 bits per heavy atom. The summed E-state index contributed by atoms with van der Waals surface area (Å²) in [6.07, 6.45) is 1.81. The van der Waals surface area contributed by atoms with Crippen LogP contribution in [0.15, 0.2) is 23.1 Å². The molecule has 106 valence electrons. The van der Waals surface area contributed by atoms with Crippen LogP contribution in [0.25, 0.3) is 0 Å². The monoisotopic (exact) mass is 302 g/mol. The number of sulfonamides is 1. The molecule has 0 aliphatic carbocycles. The van der Waals surface area contributed by atoms with Crippen molar-refractivity contribution < 1.29 is 8.42 Å². The van der Waals surface area contributed by atoms with Gasteiger partial charge in [-0.25, -0.2) is 8.42 Å². The number of nitrogens with two attached hydrogens (primary N) is 1. The van der Waals surface area contributed by atoms with E-state index in [4.69, 9.17) is 17.3 Å². The van der Waals surface area contributed by atoms with Gasteiger partial charge in [0.15, 0.2) is 0 Å². The Morgan fingerprint density at radius 1 is 1.42 bits per heavy atom. The van der Waals surface area contributed by atoms with Gasteiger partial charge in [-0.05, 0) is 37.0 Å². The zero-order valence-electron chi connectivity index (χ0n) is 11.1. The molecule has 1 saturated heterocycles. The van der Waals surface area contributed by atoms with Crippen LogP contribution in [0.5, 0.6) is 0 Å². The highest BCUT2D eigenvalue weighted by atomic mass is 35.5. The minimum atomic E-state index is -3.53. The largest absolute Gasteiger partial charge is 0.398 e. The lowest BCUT2D eigenvalue weighted by molar-refractivity contribution is 0.316. The van der Waals surface area contributed by atoms with Crippen LogP contribution >= 0.6 is 11.6 Å². The molecule has 0 spiro atoms.